The first-order chi connectivity index (χ1) is 9.99. The highest BCUT2D eigenvalue weighted by molar-refractivity contribution is 5.94. The van der Waals surface area contributed by atoms with Crippen molar-refractivity contribution in [3.05, 3.63) is 23.6 Å². The largest absolute Gasteiger partial charge is 0.478 e. The molecule has 0 radical (unpaired) electrons. The molecule has 1 unspecified atom stereocenters. The third-order valence-corrected chi connectivity index (χ3v) is 3.13. The fraction of sp³-hybridized carbons (Fsp3) is 0.462. The average Bonchev–Trinajstić information content (AvgIpc) is 2.49. The zero-order valence-electron chi connectivity index (χ0n) is 11.5. The van der Waals surface area contributed by atoms with Crippen LogP contribution >= 0.6 is 0 Å². The summed E-state index contributed by atoms with van der Waals surface area (Å²) in [5, 5.41) is 11.8. The Hall–Kier alpha value is -2.22. The number of anilines is 1. The first-order valence-electron chi connectivity index (χ1n) is 6.51. The van der Waals surface area contributed by atoms with Crippen molar-refractivity contribution in [1.29, 1.82) is 0 Å². The van der Waals surface area contributed by atoms with Crippen LogP contribution in [-0.2, 0) is 9.53 Å². The van der Waals surface area contributed by atoms with E-state index in [9.17, 15) is 14.0 Å². The lowest BCUT2D eigenvalue weighted by Gasteiger charge is -2.29. The van der Waals surface area contributed by atoms with Crippen LogP contribution in [0.1, 0.15) is 17.3 Å². The van der Waals surface area contributed by atoms with Crippen molar-refractivity contribution in [2.45, 2.75) is 13.0 Å². The van der Waals surface area contributed by atoms with E-state index in [0.29, 0.717) is 26.3 Å². The van der Waals surface area contributed by atoms with Gasteiger partial charge in [-0.1, -0.05) is 0 Å². The van der Waals surface area contributed by atoms with Gasteiger partial charge in [0.2, 0.25) is 5.91 Å². The second-order valence-electron chi connectivity index (χ2n) is 4.66. The molecule has 1 atom stereocenters. The Kier molecular flexibility index (Phi) is 4.69. The lowest BCUT2D eigenvalue weighted by molar-refractivity contribution is -0.135. The van der Waals surface area contributed by atoms with Gasteiger partial charge in [-0.3, -0.25) is 4.79 Å². The molecule has 0 bridgehead atoms. The molecule has 2 rings (SSSR count). The third-order valence-electron chi connectivity index (χ3n) is 3.13. The summed E-state index contributed by atoms with van der Waals surface area (Å²) < 4.78 is 18.2. The van der Waals surface area contributed by atoms with Gasteiger partial charge in [-0.2, -0.15) is 0 Å². The molecule has 1 aliphatic rings. The SMILES string of the molecule is CC(Nc1ncc(F)cc1C(=O)O)C(=O)N1CCOCC1. The van der Waals surface area contributed by atoms with Gasteiger partial charge in [-0.05, 0) is 13.0 Å². The molecule has 0 spiro atoms. The van der Waals surface area contributed by atoms with Gasteiger partial charge in [0.1, 0.15) is 23.2 Å². The summed E-state index contributed by atoms with van der Waals surface area (Å²) in [5.41, 5.74) is -0.309. The molecule has 1 aliphatic heterocycles. The first kappa shape index (κ1) is 15.2. The summed E-state index contributed by atoms with van der Waals surface area (Å²) in [5.74, 6) is -2.26. The number of ether oxygens (including phenoxy) is 1. The van der Waals surface area contributed by atoms with Crippen LogP contribution in [0.2, 0.25) is 0 Å². The lowest BCUT2D eigenvalue weighted by atomic mass is 10.2. The third kappa shape index (κ3) is 3.66. The molecule has 1 aromatic heterocycles. The molecule has 1 saturated heterocycles. The standard InChI is InChI=1S/C13H16FN3O4/c1-8(12(18)17-2-4-21-5-3-17)16-11-10(13(19)20)6-9(14)7-15-11/h6-8H,2-5H2,1H3,(H,15,16)(H,19,20). The number of nitrogens with zero attached hydrogens (tertiary/aromatic N) is 2. The van der Waals surface area contributed by atoms with Gasteiger partial charge in [0.15, 0.2) is 0 Å². The van der Waals surface area contributed by atoms with Crippen molar-refractivity contribution in [3.63, 3.8) is 0 Å². The maximum atomic E-state index is 13.1. The monoisotopic (exact) mass is 297 g/mol. The minimum absolute atomic E-state index is 0.0296. The zero-order chi connectivity index (χ0) is 15.4. The lowest BCUT2D eigenvalue weighted by Crippen LogP contribution is -2.47. The van der Waals surface area contributed by atoms with Crippen LogP contribution in [-0.4, -0.2) is 59.2 Å². The molecule has 1 fully saturated rings. The van der Waals surface area contributed by atoms with E-state index in [1.165, 1.54) is 0 Å². The molecular formula is C13H16FN3O4. The van der Waals surface area contributed by atoms with E-state index in [1.54, 1.807) is 11.8 Å². The van der Waals surface area contributed by atoms with Gasteiger partial charge >= 0.3 is 5.97 Å². The molecule has 8 heteroatoms. The molecule has 0 aromatic carbocycles. The molecular weight excluding hydrogens is 281 g/mol. The van der Waals surface area contributed by atoms with Crippen LogP contribution in [0.4, 0.5) is 10.2 Å². The van der Waals surface area contributed by atoms with Gasteiger partial charge in [-0.25, -0.2) is 14.2 Å². The van der Waals surface area contributed by atoms with Gasteiger partial charge < -0.3 is 20.1 Å². The summed E-state index contributed by atoms with van der Waals surface area (Å²) in [4.78, 5) is 28.6. The van der Waals surface area contributed by atoms with Gasteiger partial charge in [0, 0.05) is 13.1 Å². The number of aromatic carboxylic acids is 1. The number of rotatable bonds is 4. The molecule has 2 heterocycles. The van der Waals surface area contributed by atoms with Crippen LogP contribution in [0.5, 0.6) is 0 Å². The van der Waals surface area contributed by atoms with Crippen LogP contribution in [0, 0.1) is 5.82 Å². The molecule has 1 amide bonds. The Morgan fingerprint density at radius 1 is 1.48 bits per heavy atom. The van der Waals surface area contributed by atoms with E-state index in [-0.39, 0.29) is 17.3 Å². The summed E-state index contributed by atoms with van der Waals surface area (Å²) in [6, 6.07) is 0.197. The molecule has 7 nitrogen and oxygen atoms in total. The number of carboxylic acids is 1. The fourth-order valence-corrected chi connectivity index (χ4v) is 2.04. The van der Waals surface area contributed by atoms with Crippen LogP contribution in [0.15, 0.2) is 12.3 Å². The van der Waals surface area contributed by atoms with E-state index < -0.39 is 17.8 Å². The molecule has 21 heavy (non-hydrogen) atoms. The number of amides is 1. The van der Waals surface area contributed by atoms with E-state index >= 15 is 0 Å². The summed E-state index contributed by atoms with van der Waals surface area (Å²) in [6.07, 6.45) is 0.903. The number of nitrogens with one attached hydrogen (secondary N) is 1. The Bertz CT molecular complexity index is 546. The predicted molar refractivity (Wildman–Crippen MR) is 71.6 cm³/mol. The predicted octanol–water partition coefficient (Wildman–Crippen LogP) is 0.578. The molecule has 1 aromatic rings. The number of carbonyl (C=O) groups excluding carboxylic acids is 1. The number of halogens is 1. The van der Waals surface area contributed by atoms with Crippen LogP contribution in [0.25, 0.3) is 0 Å². The van der Waals surface area contributed by atoms with E-state index in [4.69, 9.17) is 9.84 Å². The smallest absolute Gasteiger partial charge is 0.339 e. The number of hydrogen-bond donors (Lipinski definition) is 2. The van der Waals surface area contributed by atoms with Gasteiger partial charge in [-0.15, -0.1) is 0 Å². The molecule has 2 N–H and O–H groups in total. The Labute approximate surface area is 120 Å². The highest BCUT2D eigenvalue weighted by Gasteiger charge is 2.24. The van der Waals surface area contributed by atoms with E-state index in [1.807, 2.05) is 0 Å². The molecule has 0 aliphatic carbocycles. The van der Waals surface area contributed by atoms with Crippen molar-refractivity contribution in [3.8, 4) is 0 Å². The van der Waals surface area contributed by atoms with Gasteiger partial charge in [0.05, 0.1) is 19.4 Å². The number of carbonyl (C=O) groups is 2. The highest BCUT2D eigenvalue weighted by atomic mass is 19.1. The second-order valence-corrected chi connectivity index (χ2v) is 4.66. The fourth-order valence-electron chi connectivity index (χ4n) is 2.04. The van der Waals surface area contributed by atoms with Crippen molar-refractivity contribution < 1.29 is 23.8 Å². The maximum absolute atomic E-state index is 13.1. The second kappa shape index (κ2) is 6.49. The number of carboxylic acid groups (broad SMARTS) is 1. The zero-order valence-corrected chi connectivity index (χ0v) is 11.5. The minimum Gasteiger partial charge on any atom is -0.478 e. The number of aromatic nitrogens is 1. The van der Waals surface area contributed by atoms with Gasteiger partial charge in [0.25, 0.3) is 0 Å². The normalized spacial score (nSPS) is 16.4. The Morgan fingerprint density at radius 2 is 2.14 bits per heavy atom. The van der Waals surface area contributed by atoms with Crippen LogP contribution in [0.3, 0.4) is 0 Å². The van der Waals surface area contributed by atoms with Crippen LogP contribution < -0.4 is 5.32 Å². The Balaban J connectivity index is 2.10. The first-order valence-corrected chi connectivity index (χ1v) is 6.51. The Morgan fingerprint density at radius 3 is 2.76 bits per heavy atom. The van der Waals surface area contributed by atoms with Crippen molar-refractivity contribution in [2.24, 2.45) is 0 Å². The topological polar surface area (TPSA) is 91.8 Å². The molecule has 0 saturated carbocycles. The van der Waals surface area contributed by atoms with Crippen molar-refractivity contribution >= 4 is 17.7 Å². The summed E-state index contributed by atoms with van der Waals surface area (Å²) in [6.45, 7) is 3.55. The average molecular weight is 297 g/mol. The molecule has 114 valence electrons. The maximum Gasteiger partial charge on any atom is 0.339 e. The summed E-state index contributed by atoms with van der Waals surface area (Å²) in [7, 11) is 0. The van der Waals surface area contributed by atoms with E-state index in [0.717, 1.165) is 12.3 Å². The number of hydrogen-bond acceptors (Lipinski definition) is 5. The van der Waals surface area contributed by atoms with Crippen molar-refractivity contribution in [1.82, 2.24) is 9.88 Å². The van der Waals surface area contributed by atoms with Crippen molar-refractivity contribution in [2.75, 3.05) is 31.6 Å². The minimum atomic E-state index is -1.31. The summed E-state index contributed by atoms with van der Waals surface area (Å²) >= 11 is 0. The van der Waals surface area contributed by atoms with E-state index in [2.05, 4.69) is 10.3 Å². The highest BCUT2D eigenvalue weighted by Crippen LogP contribution is 2.15. The number of pyridine rings is 1. The quantitative estimate of drug-likeness (QED) is 0.844. The number of morpholine rings is 1.